The molecule has 1 fully saturated rings. The van der Waals surface area contributed by atoms with Crippen LogP contribution in [0.25, 0.3) is 11.1 Å². The summed E-state index contributed by atoms with van der Waals surface area (Å²) in [5.74, 6) is -1.06. The number of nitrogens with one attached hydrogen (secondary N) is 1. The van der Waals surface area contributed by atoms with Crippen molar-refractivity contribution in [3.63, 3.8) is 0 Å². The summed E-state index contributed by atoms with van der Waals surface area (Å²) in [6.45, 7) is 3.75. The van der Waals surface area contributed by atoms with Gasteiger partial charge in [0.15, 0.2) is 0 Å². The minimum absolute atomic E-state index is 0.214. The maximum Gasteiger partial charge on any atom is 0.311 e. The molecular formula is C21H23NO3. The highest BCUT2D eigenvalue weighted by molar-refractivity contribution is 5.96. The number of carboxylic acid groups (broad SMARTS) is 1. The molecule has 3 rings (SSSR count). The first kappa shape index (κ1) is 17.2. The van der Waals surface area contributed by atoms with Crippen LogP contribution in [0.15, 0.2) is 48.5 Å². The minimum atomic E-state index is -0.885. The van der Waals surface area contributed by atoms with E-state index in [1.54, 1.807) is 13.0 Å². The predicted octanol–water partition coefficient (Wildman–Crippen LogP) is 4.04. The van der Waals surface area contributed by atoms with Gasteiger partial charge in [-0.15, -0.1) is 0 Å². The van der Waals surface area contributed by atoms with E-state index in [1.165, 1.54) is 0 Å². The van der Waals surface area contributed by atoms with Gasteiger partial charge in [-0.05, 0) is 49.9 Å². The Morgan fingerprint density at radius 2 is 1.80 bits per heavy atom. The van der Waals surface area contributed by atoms with Gasteiger partial charge in [0.1, 0.15) is 0 Å². The molecule has 0 bridgehead atoms. The summed E-state index contributed by atoms with van der Waals surface area (Å²) in [5.41, 5.74) is 2.87. The van der Waals surface area contributed by atoms with Gasteiger partial charge in [-0.25, -0.2) is 0 Å². The number of benzene rings is 2. The van der Waals surface area contributed by atoms with Crippen molar-refractivity contribution in [1.29, 1.82) is 0 Å². The van der Waals surface area contributed by atoms with Gasteiger partial charge in [0, 0.05) is 11.6 Å². The molecule has 2 aromatic carbocycles. The molecule has 130 valence electrons. The topological polar surface area (TPSA) is 66.4 Å². The van der Waals surface area contributed by atoms with Crippen LogP contribution in [0.2, 0.25) is 0 Å². The number of amides is 1. The fourth-order valence-corrected chi connectivity index (χ4v) is 3.56. The summed E-state index contributed by atoms with van der Waals surface area (Å²) in [6, 6.07) is 15.2. The maximum absolute atomic E-state index is 12.7. The fourth-order valence-electron chi connectivity index (χ4n) is 3.56. The molecule has 2 unspecified atom stereocenters. The van der Waals surface area contributed by atoms with Crippen molar-refractivity contribution in [2.24, 2.45) is 5.41 Å². The highest BCUT2D eigenvalue weighted by Gasteiger charge is 2.45. The first-order valence-electron chi connectivity index (χ1n) is 8.61. The summed E-state index contributed by atoms with van der Waals surface area (Å²) < 4.78 is 0. The van der Waals surface area contributed by atoms with E-state index in [1.807, 2.05) is 43.3 Å². The number of hydrogen-bond donors (Lipinski definition) is 2. The third kappa shape index (κ3) is 3.43. The number of rotatable bonds is 4. The number of aliphatic carboxylic acids is 1. The van der Waals surface area contributed by atoms with Crippen molar-refractivity contribution in [3.8, 4) is 11.1 Å². The molecule has 1 amide bonds. The Morgan fingerprint density at radius 3 is 2.48 bits per heavy atom. The lowest BCUT2D eigenvalue weighted by molar-refractivity contribution is -0.148. The average Bonchev–Trinajstić information content (AvgIpc) is 2.97. The van der Waals surface area contributed by atoms with E-state index in [0.717, 1.165) is 23.1 Å². The largest absolute Gasteiger partial charge is 0.481 e. The molecule has 1 aliphatic carbocycles. The molecule has 0 spiro atoms. The van der Waals surface area contributed by atoms with Gasteiger partial charge in [-0.3, -0.25) is 9.59 Å². The van der Waals surface area contributed by atoms with Crippen LogP contribution < -0.4 is 5.32 Å². The Kier molecular flexibility index (Phi) is 4.62. The average molecular weight is 337 g/mol. The lowest BCUT2D eigenvalue weighted by Gasteiger charge is -2.27. The molecule has 4 nitrogen and oxygen atoms in total. The van der Waals surface area contributed by atoms with E-state index in [0.29, 0.717) is 18.4 Å². The minimum Gasteiger partial charge on any atom is -0.481 e. The molecule has 0 aromatic heterocycles. The van der Waals surface area contributed by atoms with Crippen molar-refractivity contribution in [1.82, 2.24) is 5.32 Å². The van der Waals surface area contributed by atoms with E-state index in [9.17, 15) is 14.7 Å². The zero-order chi connectivity index (χ0) is 18.0. The van der Waals surface area contributed by atoms with Crippen LogP contribution in [-0.4, -0.2) is 23.0 Å². The van der Waals surface area contributed by atoms with Gasteiger partial charge in [0.05, 0.1) is 5.41 Å². The number of carboxylic acids is 1. The van der Waals surface area contributed by atoms with Crippen LogP contribution in [0.5, 0.6) is 0 Å². The van der Waals surface area contributed by atoms with E-state index < -0.39 is 11.4 Å². The van der Waals surface area contributed by atoms with Crippen molar-refractivity contribution in [2.45, 2.75) is 39.2 Å². The Hall–Kier alpha value is -2.62. The molecule has 1 saturated carbocycles. The highest BCUT2D eigenvalue weighted by Crippen LogP contribution is 2.38. The quantitative estimate of drug-likeness (QED) is 0.885. The summed E-state index contributed by atoms with van der Waals surface area (Å²) in [5, 5.41) is 12.4. The summed E-state index contributed by atoms with van der Waals surface area (Å²) in [7, 11) is 0. The number of carbonyl (C=O) groups excluding carboxylic acids is 1. The van der Waals surface area contributed by atoms with Crippen molar-refractivity contribution in [2.75, 3.05) is 0 Å². The Labute approximate surface area is 147 Å². The van der Waals surface area contributed by atoms with E-state index in [-0.39, 0.29) is 11.9 Å². The van der Waals surface area contributed by atoms with Crippen molar-refractivity contribution < 1.29 is 14.7 Å². The van der Waals surface area contributed by atoms with E-state index in [2.05, 4.69) is 11.4 Å². The smallest absolute Gasteiger partial charge is 0.311 e. The molecule has 0 aliphatic heterocycles. The van der Waals surface area contributed by atoms with Crippen molar-refractivity contribution >= 4 is 11.9 Å². The van der Waals surface area contributed by atoms with Gasteiger partial charge in [-0.1, -0.05) is 48.4 Å². The third-order valence-corrected chi connectivity index (χ3v) is 5.23. The van der Waals surface area contributed by atoms with Crippen LogP contribution >= 0.6 is 0 Å². The molecular weight excluding hydrogens is 314 g/mol. The Morgan fingerprint density at radius 1 is 1.12 bits per heavy atom. The molecule has 2 aromatic rings. The van der Waals surface area contributed by atoms with E-state index >= 15 is 0 Å². The third-order valence-electron chi connectivity index (χ3n) is 5.23. The Bertz CT molecular complexity index is 814. The van der Waals surface area contributed by atoms with Gasteiger partial charge < -0.3 is 10.4 Å². The van der Waals surface area contributed by atoms with Crippen LogP contribution in [0, 0.1) is 12.3 Å². The second-order valence-electron chi connectivity index (χ2n) is 7.09. The molecule has 0 radical (unpaired) electrons. The van der Waals surface area contributed by atoms with Crippen LogP contribution in [-0.2, 0) is 4.79 Å². The SMILES string of the molecule is Cc1cccc(-c2cccc(C(=O)NC3CCCC3(C)C(=O)O)c2)c1. The van der Waals surface area contributed by atoms with Gasteiger partial charge in [-0.2, -0.15) is 0 Å². The summed E-state index contributed by atoms with van der Waals surface area (Å²) in [6.07, 6.45) is 2.11. The number of carbonyl (C=O) groups is 2. The zero-order valence-electron chi connectivity index (χ0n) is 14.6. The van der Waals surface area contributed by atoms with Crippen LogP contribution in [0.3, 0.4) is 0 Å². The molecule has 0 heterocycles. The monoisotopic (exact) mass is 337 g/mol. The predicted molar refractivity (Wildman–Crippen MR) is 97.5 cm³/mol. The van der Waals surface area contributed by atoms with E-state index in [4.69, 9.17) is 0 Å². The zero-order valence-corrected chi connectivity index (χ0v) is 14.6. The summed E-state index contributed by atoms with van der Waals surface area (Å²) in [4.78, 5) is 24.2. The van der Waals surface area contributed by atoms with Crippen molar-refractivity contribution in [3.05, 3.63) is 59.7 Å². The van der Waals surface area contributed by atoms with Gasteiger partial charge >= 0.3 is 5.97 Å². The van der Waals surface area contributed by atoms with Gasteiger partial charge in [0.25, 0.3) is 5.91 Å². The Balaban J connectivity index is 1.81. The lowest BCUT2D eigenvalue weighted by atomic mass is 9.85. The van der Waals surface area contributed by atoms with Crippen LogP contribution in [0.1, 0.15) is 42.1 Å². The maximum atomic E-state index is 12.7. The molecule has 4 heteroatoms. The highest BCUT2D eigenvalue weighted by atomic mass is 16.4. The second-order valence-corrected chi connectivity index (χ2v) is 7.09. The van der Waals surface area contributed by atoms with Crippen LogP contribution in [0.4, 0.5) is 0 Å². The molecule has 2 atom stereocenters. The standard InChI is InChI=1S/C21H23NO3/c1-14-6-3-7-15(12-14)16-8-4-9-17(13-16)19(23)22-18-10-5-11-21(18,2)20(24)25/h3-4,6-9,12-13,18H,5,10-11H2,1-2H3,(H,22,23)(H,24,25). The lowest BCUT2D eigenvalue weighted by Crippen LogP contribution is -2.47. The second kappa shape index (κ2) is 6.71. The molecule has 1 aliphatic rings. The molecule has 25 heavy (non-hydrogen) atoms. The first-order valence-corrected chi connectivity index (χ1v) is 8.61. The normalized spacial score (nSPS) is 22.6. The number of hydrogen-bond acceptors (Lipinski definition) is 2. The molecule has 0 saturated heterocycles. The first-order chi connectivity index (χ1) is 11.9. The summed E-state index contributed by atoms with van der Waals surface area (Å²) >= 11 is 0. The molecule has 2 N–H and O–H groups in total. The van der Waals surface area contributed by atoms with Gasteiger partial charge in [0.2, 0.25) is 0 Å². The fraction of sp³-hybridized carbons (Fsp3) is 0.333. The number of aryl methyl sites for hydroxylation is 1.